The summed E-state index contributed by atoms with van der Waals surface area (Å²) in [7, 11) is -0.978. The summed E-state index contributed by atoms with van der Waals surface area (Å²) < 4.78 is 39.5. The van der Waals surface area contributed by atoms with Crippen LogP contribution in [0.2, 0.25) is 0 Å². The van der Waals surface area contributed by atoms with E-state index in [-0.39, 0.29) is 34.2 Å². The molecule has 0 fully saturated rings. The predicted octanol–water partition coefficient (Wildman–Crippen LogP) is 5.24. The van der Waals surface area contributed by atoms with Gasteiger partial charge in [-0.3, -0.25) is 14.8 Å². The number of methoxy groups -OCH3 is 2. The van der Waals surface area contributed by atoms with Gasteiger partial charge in [0.1, 0.15) is 5.75 Å². The first-order chi connectivity index (χ1) is 17.3. The number of ether oxygens (including phenoxy) is 2. The lowest BCUT2D eigenvalue weighted by atomic mass is 9.77. The molecular formula is C26H25N3O6S. The van der Waals surface area contributed by atoms with Crippen LogP contribution < -0.4 is 19.5 Å². The third kappa shape index (κ3) is 4.13. The van der Waals surface area contributed by atoms with E-state index in [2.05, 4.69) is 22.2 Å². The van der Waals surface area contributed by atoms with Crippen LogP contribution in [0, 0.1) is 16.0 Å². The molecule has 1 aliphatic carbocycles. The Morgan fingerprint density at radius 3 is 2.56 bits per heavy atom. The second kappa shape index (κ2) is 9.19. The van der Waals surface area contributed by atoms with Gasteiger partial charge < -0.3 is 14.8 Å². The number of anilines is 2. The Hall–Kier alpha value is -4.05. The Labute approximate surface area is 209 Å². The Morgan fingerprint density at radius 1 is 1.03 bits per heavy atom. The monoisotopic (exact) mass is 507 g/mol. The molecule has 5 rings (SSSR count). The zero-order valence-electron chi connectivity index (χ0n) is 19.7. The van der Waals surface area contributed by atoms with Crippen molar-refractivity contribution in [2.45, 2.75) is 23.3 Å². The first kappa shape index (κ1) is 23.7. The maximum absolute atomic E-state index is 13.2. The summed E-state index contributed by atoms with van der Waals surface area (Å²) in [4.78, 5) is 11.3. The lowest BCUT2D eigenvalue weighted by Gasteiger charge is -2.37. The Balaban J connectivity index is 1.49. The third-order valence-electron chi connectivity index (χ3n) is 6.75. The van der Waals surface area contributed by atoms with Gasteiger partial charge in [-0.25, -0.2) is 8.42 Å². The molecule has 36 heavy (non-hydrogen) atoms. The van der Waals surface area contributed by atoms with Crippen molar-refractivity contribution in [1.82, 2.24) is 0 Å². The molecule has 3 aromatic carbocycles. The number of rotatable bonds is 7. The first-order valence-corrected chi connectivity index (χ1v) is 12.9. The fraction of sp³-hybridized carbons (Fsp3) is 0.231. The molecule has 186 valence electrons. The topological polar surface area (TPSA) is 120 Å². The molecule has 3 aromatic rings. The van der Waals surface area contributed by atoms with E-state index in [1.54, 1.807) is 54.6 Å². The number of hydrogen-bond donors (Lipinski definition) is 2. The minimum atomic E-state index is -3.87. The van der Waals surface area contributed by atoms with Crippen molar-refractivity contribution in [3.63, 3.8) is 0 Å². The van der Waals surface area contributed by atoms with E-state index in [0.29, 0.717) is 11.4 Å². The summed E-state index contributed by atoms with van der Waals surface area (Å²) in [5.74, 6) is 0.675. The summed E-state index contributed by atoms with van der Waals surface area (Å²) in [6.45, 7) is 0. The molecule has 1 heterocycles. The van der Waals surface area contributed by atoms with Crippen LogP contribution in [0.5, 0.6) is 11.5 Å². The Kier molecular flexibility index (Phi) is 6.05. The second-order valence-electron chi connectivity index (χ2n) is 8.72. The minimum Gasteiger partial charge on any atom is -0.495 e. The standard InChI is InChI=1S/C26H25N3O6S/c1-34-24-9-4-3-8-22(24)28-36(32,33)17-11-12-21-20(15-17)18-6-5-7-19(18)26(27-21)16-10-13-25(35-2)23(14-16)29(30)31/h3-6,8-15,18-19,26-28H,7H2,1-2H3/t18-,19+,26+/m0/s1. The van der Waals surface area contributed by atoms with E-state index in [0.717, 1.165) is 23.2 Å². The van der Waals surface area contributed by atoms with E-state index < -0.39 is 14.9 Å². The van der Waals surface area contributed by atoms with E-state index in [9.17, 15) is 18.5 Å². The lowest BCUT2D eigenvalue weighted by Crippen LogP contribution is -2.29. The summed E-state index contributed by atoms with van der Waals surface area (Å²) in [6, 6.07) is 16.6. The molecule has 2 aliphatic rings. The SMILES string of the molecule is COc1ccccc1NS(=O)(=O)c1ccc2c(c1)[C@H]1C=CC[C@H]1[C@@H](c1ccc(OC)c([N+](=O)[O-])c1)N2. The molecule has 2 N–H and O–H groups in total. The maximum Gasteiger partial charge on any atom is 0.311 e. The third-order valence-corrected chi connectivity index (χ3v) is 8.12. The van der Waals surface area contributed by atoms with Gasteiger partial charge in [0.05, 0.1) is 35.8 Å². The van der Waals surface area contributed by atoms with Crippen molar-refractivity contribution in [1.29, 1.82) is 0 Å². The molecule has 0 unspecified atom stereocenters. The number of nitro groups is 1. The molecule has 0 spiro atoms. The van der Waals surface area contributed by atoms with Crippen molar-refractivity contribution in [3.05, 3.63) is 94.1 Å². The zero-order chi connectivity index (χ0) is 25.4. The second-order valence-corrected chi connectivity index (χ2v) is 10.4. The number of allylic oxidation sites excluding steroid dienone is 2. The fourth-order valence-electron chi connectivity index (χ4n) is 5.05. The summed E-state index contributed by atoms with van der Waals surface area (Å²) in [5, 5.41) is 15.1. The molecule has 3 atom stereocenters. The number of nitro benzene ring substituents is 1. The number of nitrogens with zero attached hydrogens (tertiary/aromatic N) is 1. The molecule has 0 radical (unpaired) electrons. The number of hydrogen-bond acceptors (Lipinski definition) is 7. The van der Waals surface area contributed by atoms with Gasteiger partial charge in [0.15, 0.2) is 5.75 Å². The molecule has 0 saturated carbocycles. The number of nitrogens with one attached hydrogen (secondary N) is 2. The fourth-order valence-corrected chi connectivity index (χ4v) is 6.15. The number of benzene rings is 3. The van der Waals surface area contributed by atoms with Crippen molar-refractivity contribution in [3.8, 4) is 11.5 Å². The first-order valence-electron chi connectivity index (χ1n) is 11.4. The average Bonchev–Trinajstić information content (AvgIpc) is 3.38. The van der Waals surface area contributed by atoms with Gasteiger partial charge in [0, 0.05) is 17.7 Å². The summed E-state index contributed by atoms with van der Waals surface area (Å²) in [6.07, 6.45) is 4.92. The smallest absolute Gasteiger partial charge is 0.311 e. The molecule has 0 bridgehead atoms. The highest BCUT2D eigenvalue weighted by molar-refractivity contribution is 7.92. The number of fused-ring (bicyclic) bond motifs is 3. The maximum atomic E-state index is 13.2. The Morgan fingerprint density at radius 2 is 1.81 bits per heavy atom. The van der Waals surface area contributed by atoms with Crippen LogP contribution in [0.3, 0.4) is 0 Å². The van der Waals surface area contributed by atoms with E-state index in [1.165, 1.54) is 14.2 Å². The largest absolute Gasteiger partial charge is 0.495 e. The molecule has 0 aromatic heterocycles. The molecule has 0 saturated heterocycles. The van der Waals surface area contributed by atoms with Crippen LogP contribution in [-0.4, -0.2) is 27.6 Å². The lowest BCUT2D eigenvalue weighted by molar-refractivity contribution is -0.385. The summed E-state index contributed by atoms with van der Waals surface area (Å²) >= 11 is 0. The summed E-state index contributed by atoms with van der Waals surface area (Å²) in [5.41, 5.74) is 2.71. The average molecular weight is 508 g/mol. The zero-order valence-corrected chi connectivity index (χ0v) is 20.5. The predicted molar refractivity (Wildman–Crippen MR) is 136 cm³/mol. The van der Waals surface area contributed by atoms with Crippen LogP contribution in [0.1, 0.15) is 29.5 Å². The van der Waals surface area contributed by atoms with Gasteiger partial charge >= 0.3 is 5.69 Å². The van der Waals surface area contributed by atoms with E-state index in [4.69, 9.17) is 9.47 Å². The van der Waals surface area contributed by atoms with Crippen LogP contribution >= 0.6 is 0 Å². The van der Waals surface area contributed by atoms with Gasteiger partial charge in [-0.2, -0.15) is 0 Å². The molecule has 0 amide bonds. The molecule has 9 nitrogen and oxygen atoms in total. The van der Waals surface area contributed by atoms with Crippen molar-refractivity contribution < 1.29 is 22.8 Å². The highest BCUT2D eigenvalue weighted by Crippen LogP contribution is 2.51. The van der Waals surface area contributed by atoms with Gasteiger partial charge in [-0.05, 0) is 59.9 Å². The van der Waals surface area contributed by atoms with Crippen molar-refractivity contribution in [2.75, 3.05) is 24.3 Å². The molecular weight excluding hydrogens is 482 g/mol. The van der Waals surface area contributed by atoms with Gasteiger partial charge in [-0.1, -0.05) is 30.4 Å². The Bertz CT molecular complexity index is 1470. The number of para-hydroxylation sites is 2. The van der Waals surface area contributed by atoms with E-state index >= 15 is 0 Å². The molecule has 10 heteroatoms. The van der Waals surface area contributed by atoms with Crippen LogP contribution in [0.25, 0.3) is 0 Å². The van der Waals surface area contributed by atoms with Crippen molar-refractivity contribution >= 4 is 27.1 Å². The highest BCUT2D eigenvalue weighted by atomic mass is 32.2. The van der Waals surface area contributed by atoms with Gasteiger partial charge in [0.2, 0.25) is 0 Å². The van der Waals surface area contributed by atoms with E-state index in [1.807, 2.05) is 6.07 Å². The normalized spacial score (nSPS) is 20.1. The van der Waals surface area contributed by atoms with Crippen LogP contribution in [0.4, 0.5) is 17.1 Å². The van der Waals surface area contributed by atoms with Gasteiger partial charge in [0.25, 0.3) is 10.0 Å². The van der Waals surface area contributed by atoms with Crippen molar-refractivity contribution in [2.24, 2.45) is 5.92 Å². The van der Waals surface area contributed by atoms with Gasteiger partial charge in [-0.15, -0.1) is 0 Å². The quantitative estimate of drug-likeness (QED) is 0.255. The molecule has 1 aliphatic heterocycles. The number of sulfonamides is 1. The minimum absolute atomic E-state index is 0.0335. The van der Waals surface area contributed by atoms with Crippen LogP contribution in [0.15, 0.2) is 77.7 Å². The highest BCUT2D eigenvalue weighted by Gasteiger charge is 2.39. The van der Waals surface area contributed by atoms with Crippen LogP contribution in [-0.2, 0) is 10.0 Å².